The molecule has 3 aliphatic rings. The Kier molecular flexibility index (Phi) is 2.24. The molecule has 1 aromatic heterocycles. The zero-order valence-electron chi connectivity index (χ0n) is 10.5. The van der Waals surface area contributed by atoms with Crippen molar-refractivity contribution in [2.45, 2.75) is 31.8 Å². The Balaban J connectivity index is 1.92. The molecule has 94 valence electrons. The second-order valence-corrected chi connectivity index (χ2v) is 5.69. The van der Waals surface area contributed by atoms with Gasteiger partial charge in [-0.05, 0) is 43.4 Å². The van der Waals surface area contributed by atoms with Crippen LogP contribution in [0.15, 0.2) is 29.1 Å². The monoisotopic (exact) mass is 242 g/mol. The van der Waals surface area contributed by atoms with E-state index in [1.54, 1.807) is 6.07 Å². The van der Waals surface area contributed by atoms with E-state index in [9.17, 15) is 4.79 Å². The molecule has 4 rings (SSSR count). The summed E-state index contributed by atoms with van der Waals surface area (Å²) in [5.41, 5.74) is 2.74. The first-order valence-electron chi connectivity index (χ1n) is 6.99. The minimum absolute atomic E-state index is 0.162. The summed E-state index contributed by atoms with van der Waals surface area (Å²) < 4.78 is 1.99. The molecule has 3 nitrogen and oxygen atoms in total. The van der Waals surface area contributed by atoms with E-state index in [-0.39, 0.29) is 5.56 Å². The fourth-order valence-electron chi connectivity index (χ4n) is 4.00. The zero-order valence-corrected chi connectivity index (χ0v) is 10.5. The van der Waals surface area contributed by atoms with Gasteiger partial charge in [-0.1, -0.05) is 12.1 Å². The fourth-order valence-corrected chi connectivity index (χ4v) is 4.00. The largest absolute Gasteiger partial charge is 0.308 e. The maximum Gasteiger partial charge on any atom is 0.250 e. The van der Waals surface area contributed by atoms with E-state index in [2.05, 4.69) is 17.0 Å². The van der Waals surface area contributed by atoms with Gasteiger partial charge in [0.1, 0.15) is 0 Å². The number of nitrogens with zero attached hydrogens (tertiary/aromatic N) is 2. The van der Waals surface area contributed by atoms with Gasteiger partial charge in [-0.25, -0.2) is 0 Å². The molecule has 3 heteroatoms. The van der Waals surface area contributed by atoms with Gasteiger partial charge in [0.2, 0.25) is 0 Å². The molecule has 1 saturated heterocycles. The molecule has 1 fully saturated rings. The standard InChI is InChI=1S/C15H18N2O/c18-14-7-1-6-13-12-5-3-9-16-8-2-4-11(15(12)16)10-17(13)14/h1,5-7,11,15H,2-4,8-10H2. The first-order chi connectivity index (χ1) is 8.84. The molecule has 2 unspecified atom stereocenters. The summed E-state index contributed by atoms with van der Waals surface area (Å²) in [6.07, 6.45) is 6.04. The third kappa shape index (κ3) is 1.37. The highest BCUT2D eigenvalue weighted by Gasteiger charge is 2.40. The predicted octanol–water partition coefficient (Wildman–Crippen LogP) is 1.73. The van der Waals surface area contributed by atoms with E-state index in [1.807, 2.05) is 10.6 Å². The van der Waals surface area contributed by atoms with Crippen LogP contribution in [0.3, 0.4) is 0 Å². The lowest BCUT2D eigenvalue weighted by atomic mass is 9.78. The third-order valence-electron chi connectivity index (χ3n) is 4.72. The van der Waals surface area contributed by atoms with Gasteiger partial charge in [0.05, 0.1) is 0 Å². The van der Waals surface area contributed by atoms with Crippen molar-refractivity contribution >= 4 is 5.57 Å². The smallest absolute Gasteiger partial charge is 0.250 e. The predicted molar refractivity (Wildman–Crippen MR) is 71.4 cm³/mol. The summed E-state index contributed by atoms with van der Waals surface area (Å²) in [6, 6.07) is 6.28. The average molecular weight is 242 g/mol. The van der Waals surface area contributed by atoms with Gasteiger partial charge in [0.25, 0.3) is 5.56 Å². The highest BCUT2D eigenvalue weighted by Crippen LogP contribution is 2.40. The highest BCUT2D eigenvalue weighted by atomic mass is 16.1. The minimum atomic E-state index is 0.162. The fraction of sp³-hybridized carbons (Fsp3) is 0.533. The van der Waals surface area contributed by atoms with Gasteiger partial charge < -0.3 is 4.57 Å². The van der Waals surface area contributed by atoms with Crippen LogP contribution in [0.1, 0.15) is 25.0 Å². The lowest BCUT2D eigenvalue weighted by molar-refractivity contribution is 0.107. The lowest BCUT2D eigenvalue weighted by Gasteiger charge is -2.48. The molecule has 0 saturated carbocycles. The van der Waals surface area contributed by atoms with Crippen LogP contribution in [0.4, 0.5) is 0 Å². The molecule has 4 heterocycles. The minimum Gasteiger partial charge on any atom is -0.308 e. The Labute approximate surface area is 107 Å². The lowest BCUT2D eigenvalue weighted by Crippen LogP contribution is -2.52. The number of hydrogen-bond acceptors (Lipinski definition) is 2. The quantitative estimate of drug-likeness (QED) is 0.692. The van der Waals surface area contributed by atoms with Crippen molar-refractivity contribution in [2.75, 3.05) is 13.1 Å². The van der Waals surface area contributed by atoms with Crippen LogP contribution in [0, 0.1) is 5.92 Å². The normalized spacial score (nSPS) is 30.3. The van der Waals surface area contributed by atoms with E-state index in [0.717, 1.165) is 18.7 Å². The molecule has 0 spiro atoms. The number of aromatic nitrogens is 1. The zero-order chi connectivity index (χ0) is 12.1. The maximum absolute atomic E-state index is 12.0. The van der Waals surface area contributed by atoms with Crippen molar-refractivity contribution in [1.82, 2.24) is 9.47 Å². The summed E-state index contributed by atoms with van der Waals surface area (Å²) >= 11 is 0. The van der Waals surface area contributed by atoms with Crippen LogP contribution in [0.5, 0.6) is 0 Å². The Bertz CT molecular complexity index is 572. The first-order valence-corrected chi connectivity index (χ1v) is 6.99. The van der Waals surface area contributed by atoms with Crippen molar-refractivity contribution in [3.8, 4) is 0 Å². The molecule has 0 radical (unpaired) electrons. The van der Waals surface area contributed by atoms with Crippen molar-refractivity contribution in [1.29, 1.82) is 0 Å². The van der Waals surface area contributed by atoms with Crippen molar-refractivity contribution in [3.05, 3.63) is 40.3 Å². The molecule has 0 amide bonds. The van der Waals surface area contributed by atoms with Gasteiger partial charge in [-0.3, -0.25) is 9.69 Å². The van der Waals surface area contributed by atoms with Crippen molar-refractivity contribution in [2.24, 2.45) is 5.92 Å². The Morgan fingerprint density at radius 3 is 3.11 bits per heavy atom. The third-order valence-corrected chi connectivity index (χ3v) is 4.72. The second-order valence-electron chi connectivity index (χ2n) is 5.69. The molecule has 0 aliphatic carbocycles. The van der Waals surface area contributed by atoms with Crippen LogP contribution in [0.25, 0.3) is 5.57 Å². The van der Waals surface area contributed by atoms with Crippen molar-refractivity contribution < 1.29 is 0 Å². The van der Waals surface area contributed by atoms with Crippen LogP contribution in [0.2, 0.25) is 0 Å². The number of hydrogen-bond donors (Lipinski definition) is 0. The highest BCUT2D eigenvalue weighted by molar-refractivity contribution is 5.69. The number of rotatable bonds is 0. The van der Waals surface area contributed by atoms with Crippen LogP contribution < -0.4 is 5.56 Å². The Morgan fingerprint density at radius 1 is 1.22 bits per heavy atom. The molecule has 0 bridgehead atoms. The summed E-state index contributed by atoms with van der Waals surface area (Å²) in [5, 5.41) is 0. The number of piperidine rings is 1. The van der Waals surface area contributed by atoms with Gasteiger partial charge in [0, 0.05) is 30.9 Å². The van der Waals surface area contributed by atoms with Gasteiger partial charge >= 0.3 is 0 Å². The van der Waals surface area contributed by atoms with Gasteiger partial charge in [0.15, 0.2) is 0 Å². The van der Waals surface area contributed by atoms with E-state index in [0.29, 0.717) is 12.0 Å². The van der Waals surface area contributed by atoms with Gasteiger partial charge in [-0.2, -0.15) is 0 Å². The molecule has 0 aromatic carbocycles. The van der Waals surface area contributed by atoms with Crippen LogP contribution in [-0.2, 0) is 6.54 Å². The van der Waals surface area contributed by atoms with E-state index in [1.165, 1.54) is 31.5 Å². The molecule has 18 heavy (non-hydrogen) atoms. The molecule has 0 N–H and O–H groups in total. The number of pyridine rings is 1. The molecular formula is C15H18N2O. The molecule has 2 atom stereocenters. The van der Waals surface area contributed by atoms with Gasteiger partial charge in [-0.15, -0.1) is 0 Å². The summed E-state index contributed by atoms with van der Waals surface area (Å²) in [4.78, 5) is 14.7. The van der Waals surface area contributed by atoms with Crippen molar-refractivity contribution in [3.63, 3.8) is 0 Å². The Hall–Kier alpha value is -1.35. The van der Waals surface area contributed by atoms with E-state index < -0.39 is 0 Å². The van der Waals surface area contributed by atoms with E-state index >= 15 is 0 Å². The summed E-state index contributed by atoms with van der Waals surface area (Å²) in [5.74, 6) is 0.637. The summed E-state index contributed by atoms with van der Waals surface area (Å²) in [7, 11) is 0. The molecule has 3 aliphatic heterocycles. The molecular weight excluding hydrogens is 224 g/mol. The second kappa shape index (κ2) is 3.82. The number of fused-ring (bicyclic) bond motifs is 2. The maximum atomic E-state index is 12.0. The van der Waals surface area contributed by atoms with Crippen LogP contribution >= 0.6 is 0 Å². The van der Waals surface area contributed by atoms with Crippen LogP contribution in [-0.4, -0.2) is 28.6 Å². The average Bonchev–Trinajstić information content (AvgIpc) is 2.41. The molecule has 1 aromatic rings. The first kappa shape index (κ1) is 10.6. The topological polar surface area (TPSA) is 25.2 Å². The Morgan fingerprint density at radius 2 is 2.17 bits per heavy atom. The summed E-state index contributed by atoms with van der Waals surface area (Å²) in [6.45, 7) is 3.34. The van der Waals surface area contributed by atoms with E-state index in [4.69, 9.17) is 0 Å². The SMILES string of the molecule is O=c1cccc2n1CC1CCCN3CCC=C2C13.